The number of aliphatic hydroxyl groups is 2. The highest BCUT2D eigenvalue weighted by molar-refractivity contribution is 5.94. The van der Waals surface area contributed by atoms with Crippen molar-refractivity contribution in [3.8, 4) is 0 Å². The zero-order chi connectivity index (χ0) is 53.2. The predicted octanol–water partition coefficient (Wildman–Crippen LogP) is 5.59. The molecule has 2 saturated heterocycles. The number of benzene rings is 4. The van der Waals surface area contributed by atoms with Crippen LogP contribution in [0.4, 0.5) is 22.7 Å². The minimum Gasteiger partial charge on any atom is -0.448 e. The van der Waals surface area contributed by atoms with E-state index in [1.54, 1.807) is 6.07 Å². The first-order chi connectivity index (χ1) is 35.4. The number of aliphatic hydroxyl groups excluding tert-OH is 2. The number of nitrogens with zero attached hydrogens (tertiary/aromatic N) is 6. The Hall–Kier alpha value is -7.80. The van der Waals surface area contributed by atoms with E-state index < -0.39 is 60.0 Å². The second kappa shape index (κ2) is 23.8. The standard InChI is InChI=1S/C30H34N4O6.C26H30N4O4/c1-20(35)39-26(27(40-21(2)36)29(38)34-17-22-9-5-6-10-23(22)18-34)28(37)32-19-30(3)13-15-33(16-14-30)25-12-8-7-11-24(25)31-4;1-26(11-13-29(14-12-26)21-10-6-5-9-20(21)27-2)17-28-24(33)22(31)23(32)25(34)30-15-18-7-3-4-8-19(18)16-30/h5-12,26-27H,13-19H2,1-3H3,(H,32,37);3-10,22-23,31-32H,11-17H2,1H3,(H,28,33)/t26-,27-;22-,23-/m11/s1. The molecule has 4 N–H and O–H groups in total. The lowest BCUT2D eigenvalue weighted by atomic mass is 9.80. The average Bonchev–Trinajstić information content (AvgIpc) is 4.06. The molecule has 18 heteroatoms. The molecule has 4 amide bonds. The summed E-state index contributed by atoms with van der Waals surface area (Å²) in [5.41, 5.74) is 6.51. The molecule has 0 unspecified atom stereocenters. The van der Waals surface area contributed by atoms with Gasteiger partial charge in [-0.15, -0.1) is 0 Å². The number of ether oxygens (including phenoxy) is 2. The van der Waals surface area contributed by atoms with E-state index in [0.29, 0.717) is 57.2 Å². The van der Waals surface area contributed by atoms with Crippen LogP contribution in [0, 0.1) is 24.0 Å². The summed E-state index contributed by atoms with van der Waals surface area (Å²) in [6, 6.07) is 30.2. The first-order valence-corrected chi connectivity index (χ1v) is 24.8. The predicted molar refractivity (Wildman–Crippen MR) is 275 cm³/mol. The highest BCUT2D eigenvalue weighted by Crippen LogP contribution is 2.38. The fraction of sp³-hybridized carbons (Fsp3) is 0.429. The molecule has 4 aromatic carbocycles. The van der Waals surface area contributed by atoms with Crippen molar-refractivity contribution in [2.24, 2.45) is 10.8 Å². The number of carbonyl (C=O) groups is 6. The van der Waals surface area contributed by atoms with Crippen molar-refractivity contribution in [1.29, 1.82) is 0 Å². The summed E-state index contributed by atoms with van der Waals surface area (Å²) >= 11 is 0. The zero-order valence-corrected chi connectivity index (χ0v) is 42.3. The maximum absolute atomic E-state index is 13.5. The van der Waals surface area contributed by atoms with E-state index in [4.69, 9.17) is 22.6 Å². The third kappa shape index (κ3) is 13.0. The highest BCUT2D eigenvalue weighted by atomic mass is 16.6. The molecule has 4 aliphatic heterocycles. The lowest BCUT2D eigenvalue weighted by Gasteiger charge is -2.41. The quantitative estimate of drug-likeness (QED) is 0.0902. The van der Waals surface area contributed by atoms with Crippen molar-refractivity contribution in [2.45, 2.75) is 104 Å². The fourth-order valence-electron chi connectivity index (χ4n) is 9.86. The number of carbonyl (C=O) groups excluding carboxylic acids is 6. The monoisotopic (exact) mass is 1010 g/mol. The Balaban J connectivity index is 0.000000219. The van der Waals surface area contributed by atoms with E-state index in [0.717, 1.165) is 86.2 Å². The van der Waals surface area contributed by atoms with Crippen molar-refractivity contribution in [3.63, 3.8) is 0 Å². The molecule has 4 atom stereocenters. The third-order valence-electron chi connectivity index (χ3n) is 14.5. The van der Waals surface area contributed by atoms with Gasteiger partial charge in [0.15, 0.2) is 12.2 Å². The Kier molecular flexibility index (Phi) is 17.4. The van der Waals surface area contributed by atoms with E-state index in [1.807, 2.05) is 91.0 Å². The number of para-hydroxylation sites is 4. The fourth-order valence-corrected chi connectivity index (χ4v) is 9.86. The van der Waals surface area contributed by atoms with Crippen molar-refractivity contribution >= 4 is 58.3 Å². The van der Waals surface area contributed by atoms with Crippen LogP contribution in [0.1, 0.15) is 75.6 Å². The first kappa shape index (κ1) is 54.0. The Bertz CT molecular complexity index is 2760. The Morgan fingerprint density at radius 2 is 0.892 bits per heavy atom. The molecule has 8 rings (SSSR count). The largest absolute Gasteiger partial charge is 0.448 e. The van der Waals surface area contributed by atoms with Crippen LogP contribution in [0.5, 0.6) is 0 Å². The van der Waals surface area contributed by atoms with Gasteiger partial charge in [-0.25, -0.2) is 9.69 Å². The van der Waals surface area contributed by atoms with Gasteiger partial charge in [0.05, 0.1) is 13.1 Å². The van der Waals surface area contributed by atoms with Crippen LogP contribution in [0.15, 0.2) is 97.1 Å². The smallest absolute Gasteiger partial charge is 0.303 e. The summed E-state index contributed by atoms with van der Waals surface area (Å²) in [7, 11) is 0. The van der Waals surface area contributed by atoms with Crippen molar-refractivity contribution in [1.82, 2.24) is 20.4 Å². The Morgan fingerprint density at radius 1 is 0.541 bits per heavy atom. The van der Waals surface area contributed by atoms with Crippen LogP contribution in [0.25, 0.3) is 9.69 Å². The second-order valence-corrected chi connectivity index (χ2v) is 20.1. The minimum atomic E-state index is -1.83. The van der Waals surface area contributed by atoms with Crippen LogP contribution in [0.3, 0.4) is 0 Å². The second-order valence-electron chi connectivity index (χ2n) is 20.1. The summed E-state index contributed by atoms with van der Waals surface area (Å²) in [4.78, 5) is 90.6. The number of fused-ring (bicyclic) bond motifs is 2. The van der Waals surface area contributed by atoms with Gasteiger partial charge in [-0.2, -0.15) is 0 Å². The number of esters is 2. The molecule has 0 bridgehead atoms. The van der Waals surface area contributed by atoms with Gasteiger partial charge in [-0.1, -0.05) is 98.8 Å². The Labute approximate surface area is 431 Å². The van der Waals surface area contributed by atoms with Gasteiger partial charge in [0, 0.05) is 90.7 Å². The first-order valence-electron chi connectivity index (χ1n) is 24.8. The van der Waals surface area contributed by atoms with Gasteiger partial charge in [-0.3, -0.25) is 28.8 Å². The van der Waals surface area contributed by atoms with E-state index >= 15 is 0 Å². The summed E-state index contributed by atoms with van der Waals surface area (Å²) < 4.78 is 10.6. The molecule has 74 heavy (non-hydrogen) atoms. The van der Waals surface area contributed by atoms with Crippen LogP contribution >= 0.6 is 0 Å². The molecule has 2 fully saturated rings. The number of piperidine rings is 2. The van der Waals surface area contributed by atoms with E-state index in [2.05, 4.69) is 44.0 Å². The maximum Gasteiger partial charge on any atom is 0.303 e. The minimum absolute atomic E-state index is 0.190. The van der Waals surface area contributed by atoms with E-state index in [9.17, 15) is 39.0 Å². The SMILES string of the molecule is [C-]#[N+]c1ccccc1N1CCC(C)(CNC(=O)[C@H](O)[C@@H](O)C(=O)N2Cc3ccccc3C2)CC1.[C-]#[N+]c1ccccc1N1CCC(C)(CNC(=O)[C@H](OC(C)=O)[C@@H](OC(C)=O)C(=O)N2Cc3ccccc3C2)CC1. The number of rotatable bonds is 14. The summed E-state index contributed by atoms with van der Waals surface area (Å²) in [6.45, 7) is 26.0. The molecule has 18 nitrogen and oxygen atoms in total. The Morgan fingerprint density at radius 3 is 1.28 bits per heavy atom. The van der Waals surface area contributed by atoms with Crippen molar-refractivity contribution in [3.05, 3.63) is 142 Å². The zero-order valence-electron chi connectivity index (χ0n) is 42.3. The summed E-state index contributed by atoms with van der Waals surface area (Å²) in [6.07, 6.45) is -3.80. The van der Waals surface area contributed by atoms with Crippen molar-refractivity contribution in [2.75, 3.05) is 49.1 Å². The van der Waals surface area contributed by atoms with Crippen LogP contribution in [-0.2, 0) is 64.4 Å². The third-order valence-corrected chi connectivity index (χ3v) is 14.5. The summed E-state index contributed by atoms with van der Waals surface area (Å²) in [5.74, 6) is -4.25. The van der Waals surface area contributed by atoms with Gasteiger partial charge in [0.25, 0.3) is 23.6 Å². The lowest BCUT2D eigenvalue weighted by molar-refractivity contribution is -0.178. The number of hydrogen-bond donors (Lipinski definition) is 4. The number of nitrogens with one attached hydrogen (secondary N) is 2. The van der Waals surface area contributed by atoms with Gasteiger partial charge in [0.2, 0.25) is 23.6 Å². The molecule has 4 aromatic rings. The molecule has 0 saturated carbocycles. The molecule has 4 aliphatic rings. The number of amides is 4. The maximum atomic E-state index is 13.5. The average molecular weight is 1010 g/mol. The molecule has 0 spiro atoms. The molecular weight excluding hydrogens is 945 g/mol. The molecule has 388 valence electrons. The van der Waals surface area contributed by atoms with Crippen LogP contribution in [0.2, 0.25) is 0 Å². The van der Waals surface area contributed by atoms with Gasteiger partial charge >= 0.3 is 11.9 Å². The highest BCUT2D eigenvalue weighted by Gasteiger charge is 2.44. The van der Waals surface area contributed by atoms with Crippen LogP contribution < -0.4 is 20.4 Å². The lowest BCUT2D eigenvalue weighted by Crippen LogP contribution is -2.55. The van der Waals surface area contributed by atoms with Gasteiger partial charge in [-0.05, 0) is 70.9 Å². The normalized spacial score (nSPS) is 17.8. The van der Waals surface area contributed by atoms with Gasteiger partial charge in [0.1, 0.15) is 0 Å². The van der Waals surface area contributed by atoms with E-state index in [-0.39, 0.29) is 17.4 Å². The van der Waals surface area contributed by atoms with Crippen LogP contribution in [-0.4, -0.2) is 119 Å². The molecule has 0 aromatic heterocycles. The van der Waals surface area contributed by atoms with Gasteiger partial charge < -0.3 is 49.9 Å². The summed E-state index contributed by atoms with van der Waals surface area (Å²) in [5, 5.41) is 26.3. The number of hydrogen-bond acceptors (Lipinski definition) is 12. The molecule has 0 radical (unpaired) electrons. The topological polar surface area (TPSA) is 207 Å². The molecule has 0 aliphatic carbocycles. The molecular formula is C56H64N8O10. The van der Waals surface area contributed by atoms with E-state index in [1.165, 1.54) is 9.80 Å². The van der Waals surface area contributed by atoms with Crippen molar-refractivity contribution < 1.29 is 48.5 Å². The molecule has 4 heterocycles. The number of anilines is 2.